The molecule has 2 heterocycles. The lowest BCUT2D eigenvalue weighted by molar-refractivity contribution is 0.0958. The van der Waals surface area contributed by atoms with Crippen LogP contribution in [0.3, 0.4) is 0 Å². The van der Waals surface area contributed by atoms with Gasteiger partial charge in [0, 0.05) is 23.1 Å². The Labute approximate surface area is 125 Å². The molecule has 3 rings (SSSR count). The van der Waals surface area contributed by atoms with Crippen LogP contribution in [0.2, 0.25) is 0 Å². The first-order valence-electron chi connectivity index (χ1n) is 6.47. The molecule has 1 amide bonds. The van der Waals surface area contributed by atoms with E-state index in [2.05, 4.69) is 15.5 Å². The Morgan fingerprint density at radius 3 is 3.10 bits per heavy atom. The van der Waals surface area contributed by atoms with Crippen LogP contribution in [-0.4, -0.2) is 22.6 Å². The van der Waals surface area contributed by atoms with E-state index in [4.69, 9.17) is 10.3 Å². The summed E-state index contributed by atoms with van der Waals surface area (Å²) in [5, 5.41) is 7.26. The number of fused-ring (bicyclic) bond motifs is 1. The zero-order valence-corrected chi connectivity index (χ0v) is 12.2. The molecule has 0 aliphatic heterocycles. The van der Waals surface area contributed by atoms with E-state index in [9.17, 15) is 4.79 Å². The number of rotatable bonds is 4. The molecule has 1 aromatic carbocycles. The second-order valence-electron chi connectivity index (χ2n) is 4.69. The van der Waals surface area contributed by atoms with Crippen molar-refractivity contribution in [1.82, 2.24) is 15.5 Å². The Bertz CT molecular complexity index is 780. The standard InChI is InChI=1S/C14H14N4O2S/c1-8-2-3-10-9(6-8)12(15)13(21-10)14(19)16-5-4-11-17-7-18-20-11/h2-3,6-7H,4-5,15H2,1H3,(H,16,19). The van der Waals surface area contributed by atoms with Gasteiger partial charge in [-0.05, 0) is 19.1 Å². The van der Waals surface area contributed by atoms with Crippen molar-refractivity contribution in [1.29, 1.82) is 0 Å². The molecule has 0 atom stereocenters. The Morgan fingerprint density at radius 1 is 1.48 bits per heavy atom. The van der Waals surface area contributed by atoms with Crippen LogP contribution in [0.25, 0.3) is 10.1 Å². The number of aromatic nitrogens is 2. The van der Waals surface area contributed by atoms with Crippen molar-refractivity contribution in [2.24, 2.45) is 0 Å². The highest BCUT2D eigenvalue weighted by Crippen LogP contribution is 2.34. The summed E-state index contributed by atoms with van der Waals surface area (Å²) in [6.07, 6.45) is 1.83. The van der Waals surface area contributed by atoms with E-state index >= 15 is 0 Å². The van der Waals surface area contributed by atoms with Gasteiger partial charge in [0.05, 0.1) is 5.69 Å². The van der Waals surface area contributed by atoms with Crippen molar-refractivity contribution in [3.63, 3.8) is 0 Å². The maximum absolute atomic E-state index is 12.2. The molecule has 0 radical (unpaired) electrons. The minimum absolute atomic E-state index is 0.175. The summed E-state index contributed by atoms with van der Waals surface area (Å²) in [6, 6.07) is 5.99. The molecule has 0 unspecified atom stereocenters. The first-order chi connectivity index (χ1) is 10.1. The van der Waals surface area contributed by atoms with Gasteiger partial charge in [-0.3, -0.25) is 4.79 Å². The van der Waals surface area contributed by atoms with Crippen LogP contribution in [0.1, 0.15) is 21.1 Å². The first kappa shape index (κ1) is 13.6. The van der Waals surface area contributed by atoms with Crippen LogP contribution >= 0.6 is 11.3 Å². The molecule has 108 valence electrons. The average Bonchev–Trinajstić information content (AvgIpc) is 3.08. The SMILES string of the molecule is Cc1ccc2sc(C(=O)NCCc3ncno3)c(N)c2c1. The number of carbonyl (C=O) groups excluding carboxylic acids is 1. The fourth-order valence-corrected chi connectivity index (χ4v) is 3.09. The van der Waals surface area contributed by atoms with E-state index in [0.29, 0.717) is 29.4 Å². The van der Waals surface area contributed by atoms with Gasteiger partial charge in [0.1, 0.15) is 4.88 Å². The minimum Gasteiger partial charge on any atom is -0.397 e. The predicted octanol–water partition coefficient (Wildman–Crippen LogP) is 2.15. The van der Waals surface area contributed by atoms with E-state index in [1.165, 1.54) is 17.7 Å². The lowest BCUT2D eigenvalue weighted by atomic mass is 10.1. The summed E-state index contributed by atoms with van der Waals surface area (Å²) in [6.45, 7) is 2.43. The number of aryl methyl sites for hydroxylation is 1. The van der Waals surface area contributed by atoms with Gasteiger partial charge in [-0.15, -0.1) is 11.3 Å². The van der Waals surface area contributed by atoms with E-state index in [1.807, 2.05) is 25.1 Å². The largest absolute Gasteiger partial charge is 0.397 e. The minimum atomic E-state index is -0.175. The first-order valence-corrected chi connectivity index (χ1v) is 7.29. The molecule has 0 bridgehead atoms. The van der Waals surface area contributed by atoms with Gasteiger partial charge >= 0.3 is 0 Å². The third kappa shape index (κ3) is 2.73. The zero-order valence-electron chi connectivity index (χ0n) is 11.4. The number of anilines is 1. The van der Waals surface area contributed by atoms with Gasteiger partial charge in [0.25, 0.3) is 5.91 Å². The predicted molar refractivity (Wildman–Crippen MR) is 81.3 cm³/mol. The highest BCUT2D eigenvalue weighted by atomic mass is 32.1. The van der Waals surface area contributed by atoms with Gasteiger partial charge in [-0.25, -0.2) is 0 Å². The molecule has 0 aliphatic rings. The van der Waals surface area contributed by atoms with Crippen LogP contribution in [0, 0.1) is 6.92 Å². The molecule has 0 fully saturated rings. The van der Waals surface area contributed by atoms with Gasteiger partial charge in [0.2, 0.25) is 5.89 Å². The molecule has 6 nitrogen and oxygen atoms in total. The summed E-state index contributed by atoms with van der Waals surface area (Å²) in [7, 11) is 0. The molecule has 3 aromatic rings. The number of hydrogen-bond acceptors (Lipinski definition) is 6. The molecule has 2 aromatic heterocycles. The number of thiophene rings is 1. The lowest BCUT2D eigenvalue weighted by Gasteiger charge is -2.02. The third-order valence-corrected chi connectivity index (χ3v) is 4.30. The molecule has 7 heteroatoms. The summed E-state index contributed by atoms with van der Waals surface area (Å²) in [4.78, 5) is 16.6. The highest BCUT2D eigenvalue weighted by molar-refractivity contribution is 7.21. The third-order valence-electron chi connectivity index (χ3n) is 3.12. The maximum atomic E-state index is 12.2. The number of nitrogens with one attached hydrogen (secondary N) is 1. The van der Waals surface area contributed by atoms with Crippen molar-refractivity contribution in [3.8, 4) is 0 Å². The molecular formula is C14H14N4O2S. The van der Waals surface area contributed by atoms with Gasteiger partial charge in [-0.2, -0.15) is 4.98 Å². The number of amides is 1. The molecule has 0 spiro atoms. The smallest absolute Gasteiger partial charge is 0.263 e. The van der Waals surface area contributed by atoms with Crippen molar-refractivity contribution >= 4 is 33.0 Å². The van der Waals surface area contributed by atoms with E-state index in [0.717, 1.165) is 15.6 Å². The van der Waals surface area contributed by atoms with E-state index in [1.54, 1.807) is 0 Å². The van der Waals surface area contributed by atoms with Crippen LogP contribution in [0.5, 0.6) is 0 Å². The van der Waals surface area contributed by atoms with Gasteiger partial charge in [0.15, 0.2) is 6.33 Å². The van der Waals surface area contributed by atoms with E-state index in [-0.39, 0.29) is 5.91 Å². The highest BCUT2D eigenvalue weighted by Gasteiger charge is 2.16. The van der Waals surface area contributed by atoms with Crippen LogP contribution < -0.4 is 11.1 Å². The quantitative estimate of drug-likeness (QED) is 0.770. The number of hydrogen-bond donors (Lipinski definition) is 2. The summed E-state index contributed by atoms with van der Waals surface area (Å²) in [5.74, 6) is 0.320. The number of nitrogens with zero attached hydrogens (tertiary/aromatic N) is 2. The van der Waals surface area contributed by atoms with Crippen LogP contribution in [-0.2, 0) is 6.42 Å². The molecule has 0 saturated heterocycles. The number of carbonyl (C=O) groups is 1. The maximum Gasteiger partial charge on any atom is 0.263 e. The van der Waals surface area contributed by atoms with E-state index < -0.39 is 0 Å². The lowest BCUT2D eigenvalue weighted by Crippen LogP contribution is -2.25. The normalized spacial score (nSPS) is 10.9. The summed E-state index contributed by atoms with van der Waals surface area (Å²) in [5.41, 5.74) is 7.74. The fourth-order valence-electron chi connectivity index (χ4n) is 2.07. The van der Waals surface area contributed by atoms with Crippen LogP contribution in [0.4, 0.5) is 5.69 Å². The molecule has 21 heavy (non-hydrogen) atoms. The Hall–Kier alpha value is -2.41. The van der Waals surface area contributed by atoms with Crippen LogP contribution in [0.15, 0.2) is 29.0 Å². The number of nitrogens with two attached hydrogens (primary N) is 1. The molecular weight excluding hydrogens is 288 g/mol. The van der Waals surface area contributed by atoms with Gasteiger partial charge < -0.3 is 15.6 Å². The monoisotopic (exact) mass is 302 g/mol. The topological polar surface area (TPSA) is 94.0 Å². The number of benzene rings is 1. The van der Waals surface area contributed by atoms with Crippen molar-refractivity contribution in [2.75, 3.05) is 12.3 Å². The molecule has 0 aliphatic carbocycles. The van der Waals surface area contributed by atoms with Crippen molar-refractivity contribution < 1.29 is 9.32 Å². The fraction of sp³-hybridized carbons (Fsp3) is 0.214. The Balaban J connectivity index is 1.73. The van der Waals surface area contributed by atoms with Crippen molar-refractivity contribution in [2.45, 2.75) is 13.3 Å². The molecule has 0 saturated carbocycles. The summed E-state index contributed by atoms with van der Waals surface area (Å²) >= 11 is 1.40. The zero-order chi connectivity index (χ0) is 14.8. The summed E-state index contributed by atoms with van der Waals surface area (Å²) < 4.78 is 5.89. The average molecular weight is 302 g/mol. The Morgan fingerprint density at radius 2 is 2.33 bits per heavy atom. The van der Waals surface area contributed by atoms with Gasteiger partial charge in [-0.1, -0.05) is 16.8 Å². The van der Waals surface area contributed by atoms with Crippen molar-refractivity contribution in [3.05, 3.63) is 40.9 Å². The second-order valence-corrected chi connectivity index (χ2v) is 5.74. The molecule has 3 N–H and O–H groups in total. The second kappa shape index (κ2) is 5.53. The number of nitrogen functional groups attached to an aromatic ring is 1. The Kier molecular flexibility index (Phi) is 3.57.